The minimum absolute atomic E-state index is 0.347. The van der Waals surface area contributed by atoms with E-state index in [1.54, 1.807) is 32.4 Å². The van der Waals surface area contributed by atoms with Gasteiger partial charge in [0.25, 0.3) is 11.8 Å². The van der Waals surface area contributed by atoms with Gasteiger partial charge in [-0.05, 0) is 37.1 Å². The highest BCUT2D eigenvalue weighted by Crippen LogP contribution is 2.36. The lowest BCUT2D eigenvalue weighted by atomic mass is 10.0. The first-order valence-corrected chi connectivity index (χ1v) is 10.5. The number of carbonyl (C=O) groups is 2. The average Bonchev–Trinajstić information content (AvgIpc) is 3.01. The third kappa shape index (κ3) is 4.82. The minimum Gasteiger partial charge on any atom is -0.383 e. The first-order valence-electron chi connectivity index (χ1n) is 10.1. The number of halogens is 1. The van der Waals surface area contributed by atoms with Crippen LogP contribution in [0.4, 0.5) is 5.69 Å². The fourth-order valence-corrected chi connectivity index (χ4v) is 3.66. The second kappa shape index (κ2) is 10.1. The second-order valence-corrected chi connectivity index (χ2v) is 7.85. The smallest absolute Gasteiger partial charge is 0.282 e. The Balaban J connectivity index is 2.13. The number of nitrogens with zero attached hydrogens (tertiary/aromatic N) is 2. The molecular formula is C24H27ClN2O4. The largest absolute Gasteiger partial charge is 0.383 e. The molecule has 0 atom stereocenters. The molecule has 0 spiro atoms. The van der Waals surface area contributed by atoms with Crippen LogP contribution in [0.15, 0.2) is 48.2 Å². The molecule has 2 aromatic carbocycles. The summed E-state index contributed by atoms with van der Waals surface area (Å²) in [4.78, 5) is 30.2. The van der Waals surface area contributed by atoms with E-state index in [-0.39, 0.29) is 11.8 Å². The summed E-state index contributed by atoms with van der Waals surface area (Å²) in [5, 5.41) is 0.499. The van der Waals surface area contributed by atoms with E-state index in [0.717, 1.165) is 11.1 Å². The molecule has 0 aliphatic carbocycles. The minimum atomic E-state index is -0.382. The summed E-state index contributed by atoms with van der Waals surface area (Å²) in [5.74, 6) is -0.753. The van der Waals surface area contributed by atoms with Crippen LogP contribution in [0.3, 0.4) is 0 Å². The van der Waals surface area contributed by atoms with Crippen molar-refractivity contribution in [2.75, 3.05) is 45.4 Å². The number of rotatable bonds is 9. The normalized spacial score (nSPS) is 14.0. The number of hydrogen-bond donors (Lipinski definition) is 0. The summed E-state index contributed by atoms with van der Waals surface area (Å²) in [7, 11) is 3.21. The number of hydrogen-bond acceptors (Lipinski definition) is 5. The molecule has 2 amide bonds. The molecule has 0 bridgehead atoms. The maximum absolute atomic E-state index is 13.6. The van der Waals surface area contributed by atoms with E-state index in [0.29, 0.717) is 53.8 Å². The third-order valence-corrected chi connectivity index (χ3v) is 5.67. The van der Waals surface area contributed by atoms with Gasteiger partial charge in [0.2, 0.25) is 0 Å². The van der Waals surface area contributed by atoms with Gasteiger partial charge in [0.15, 0.2) is 0 Å². The van der Waals surface area contributed by atoms with Crippen LogP contribution in [0.1, 0.15) is 16.7 Å². The number of carbonyl (C=O) groups excluding carboxylic acids is 2. The van der Waals surface area contributed by atoms with Gasteiger partial charge >= 0.3 is 0 Å². The van der Waals surface area contributed by atoms with E-state index in [9.17, 15) is 9.59 Å². The van der Waals surface area contributed by atoms with Crippen molar-refractivity contribution in [3.05, 3.63) is 69.9 Å². The third-order valence-electron chi connectivity index (χ3n) is 5.26. The first kappa shape index (κ1) is 23.0. The van der Waals surface area contributed by atoms with Crippen LogP contribution < -0.4 is 4.90 Å². The Morgan fingerprint density at radius 2 is 1.52 bits per heavy atom. The fraction of sp³-hybridized carbons (Fsp3) is 0.333. The Morgan fingerprint density at radius 3 is 2.06 bits per heavy atom. The van der Waals surface area contributed by atoms with Gasteiger partial charge in [-0.2, -0.15) is 0 Å². The highest BCUT2D eigenvalue weighted by Gasteiger charge is 2.42. The van der Waals surface area contributed by atoms with E-state index >= 15 is 0 Å². The van der Waals surface area contributed by atoms with E-state index in [4.69, 9.17) is 21.1 Å². The SMILES string of the molecule is COCCN(CCOC)C1=C(c2ccc(C)cc2)C(=O)N(c2ccc(C)c(Cl)c2)C1=O. The number of anilines is 1. The van der Waals surface area contributed by atoms with Gasteiger partial charge in [0.1, 0.15) is 5.70 Å². The van der Waals surface area contributed by atoms with Crippen LogP contribution in [-0.2, 0) is 19.1 Å². The Morgan fingerprint density at radius 1 is 0.903 bits per heavy atom. The molecule has 1 aliphatic heterocycles. The lowest BCUT2D eigenvalue weighted by molar-refractivity contribution is -0.120. The molecule has 7 heteroatoms. The summed E-state index contributed by atoms with van der Waals surface area (Å²) in [6.45, 7) is 5.57. The zero-order valence-electron chi connectivity index (χ0n) is 18.3. The molecule has 0 aromatic heterocycles. The molecule has 0 saturated carbocycles. The molecule has 0 saturated heterocycles. The number of aryl methyl sites for hydroxylation is 2. The molecule has 3 rings (SSSR count). The Bertz CT molecular complexity index is 993. The highest BCUT2D eigenvalue weighted by molar-refractivity contribution is 6.45. The summed E-state index contributed by atoms with van der Waals surface area (Å²) in [5.41, 5.74) is 3.80. The maximum Gasteiger partial charge on any atom is 0.282 e. The van der Waals surface area contributed by atoms with Crippen LogP contribution in [0.25, 0.3) is 5.57 Å². The van der Waals surface area contributed by atoms with Crippen molar-refractivity contribution in [1.82, 2.24) is 4.90 Å². The second-order valence-electron chi connectivity index (χ2n) is 7.44. The number of methoxy groups -OCH3 is 2. The monoisotopic (exact) mass is 442 g/mol. The molecule has 31 heavy (non-hydrogen) atoms. The van der Waals surface area contributed by atoms with Crippen molar-refractivity contribution in [3.8, 4) is 0 Å². The predicted octanol–water partition coefficient (Wildman–Crippen LogP) is 3.84. The van der Waals surface area contributed by atoms with E-state index in [2.05, 4.69) is 0 Å². The first-order chi connectivity index (χ1) is 14.9. The van der Waals surface area contributed by atoms with Crippen molar-refractivity contribution in [2.45, 2.75) is 13.8 Å². The molecule has 6 nitrogen and oxygen atoms in total. The summed E-state index contributed by atoms with van der Waals surface area (Å²) < 4.78 is 10.5. The molecule has 1 heterocycles. The summed E-state index contributed by atoms with van der Waals surface area (Å²) in [6.07, 6.45) is 0. The lowest BCUT2D eigenvalue weighted by Crippen LogP contribution is -2.37. The number of ether oxygens (including phenoxy) is 2. The molecule has 1 aliphatic rings. The number of amides is 2. The van der Waals surface area contributed by atoms with Gasteiger partial charge in [-0.15, -0.1) is 0 Å². The molecule has 0 radical (unpaired) electrons. The maximum atomic E-state index is 13.6. The van der Waals surface area contributed by atoms with Gasteiger partial charge in [-0.1, -0.05) is 47.5 Å². The molecule has 0 N–H and O–H groups in total. The van der Waals surface area contributed by atoms with E-state index < -0.39 is 0 Å². The quantitative estimate of drug-likeness (QED) is 0.552. The van der Waals surface area contributed by atoms with Gasteiger partial charge in [-0.3, -0.25) is 9.59 Å². The fourth-order valence-electron chi connectivity index (χ4n) is 3.49. The molecule has 0 unspecified atom stereocenters. The molecule has 164 valence electrons. The highest BCUT2D eigenvalue weighted by atomic mass is 35.5. The number of benzene rings is 2. The van der Waals surface area contributed by atoms with Gasteiger partial charge in [-0.25, -0.2) is 4.90 Å². The summed E-state index contributed by atoms with van der Waals surface area (Å²) in [6, 6.07) is 12.8. The van der Waals surface area contributed by atoms with Crippen molar-refractivity contribution in [3.63, 3.8) is 0 Å². The van der Waals surface area contributed by atoms with Crippen LogP contribution in [-0.4, -0.2) is 57.2 Å². The zero-order chi connectivity index (χ0) is 22.5. The van der Waals surface area contributed by atoms with Crippen molar-refractivity contribution < 1.29 is 19.1 Å². The van der Waals surface area contributed by atoms with Gasteiger partial charge in [0, 0.05) is 32.3 Å². The molecule has 2 aromatic rings. The van der Waals surface area contributed by atoms with Gasteiger partial charge in [0.05, 0.1) is 24.5 Å². The predicted molar refractivity (Wildman–Crippen MR) is 122 cm³/mol. The number of imide groups is 1. The van der Waals surface area contributed by atoms with Crippen LogP contribution in [0, 0.1) is 13.8 Å². The Kier molecular flexibility index (Phi) is 7.49. The van der Waals surface area contributed by atoms with E-state index in [1.807, 2.05) is 43.0 Å². The van der Waals surface area contributed by atoms with Gasteiger partial charge < -0.3 is 14.4 Å². The average molecular weight is 443 g/mol. The van der Waals surface area contributed by atoms with E-state index in [1.165, 1.54) is 4.90 Å². The zero-order valence-corrected chi connectivity index (χ0v) is 19.0. The Labute approximate surface area is 188 Å². The van der Waals surface area contributed by atoms with Crippen molar-refractivity contribution in [2.24, 2.45) is 0 Å². The van der Waals surface area contributed by atoms with Crippen molar-refractivity contribution in [1.29, 1.82) is 0 Å². The Hall–Kier alpha value is -2.67. The van der Waals surface area contributed by atoms with Crippen LogP contribution >= 0.6 is 11.6 Å². The standard InChI is InChI=1S/C24H27ClN2O4/c1-16-5-8-18(9-6-16)21-22(26(11-13-30-3)12-14-31-4)24(29)27(23(21)28)19-10-7-17(2)20(25)15-19/h5-10,15H,11-14H2,1-4H3. The molecule has 0 fully saturated rings. The van der Waals surface area contributed by atoms with Crippen molar-refractivity contribution >= 4 is 34.7 Å². The molecular weight excluding hydrogens is 416 g/mol. The summed E-state index contributed by atoms with van der Waals surface area (Å²) >= 11 is 6.29. The topological polar surface area (TPSA) is 59.1 Å². The lowest BCUT2D eigenvalue weighted by Gasteiger charge is -2.25. The van der Waals surface area contributed by atoms with Crippen LogP contribution in [0.5, 0.6) is 0 Å². The van der Waals surface area contributed by atoms with Crippen LogP contribution in [0.2, 0.25) is 5.02 Å².